The van der Waals surface area contributed by atoms with Gasteiger partial charge in [0.2, 0.25) is 0 Å². The Balaban J connectivity index is -0.0000000249. The molecule has 2 rings (SSSR count). The highest BCUT2D eigenvalue weighted by molar-refractivity contribution is 5.41. The minimum absolute atomic E-state index is 0. The van der Waals surface area contributed by atoms with Crippen molar-refractivity contribution in [3.8, 4) is 11.5 Å². The minimum Gasteiger partial charge on any atom is -0.491 e. The number of rotatable bonds is 46. The Kier molecular flexibility index (Phi) is 341. The molecule has 0 radical (unpaired) electrons. The van der Waals surface area contributed by atoms with Gasteiger partial charge in [0.05, 0.1) is 170 Å². The van der Waals surface area contributed by atoms with Crippen LogP contribution in [0.5, 0.6) is 11.5 Å². The summed E-state index contributed by atoms with van der Waals surface area (Å²) in [5.41, 5.74) is 2.17. The standard InChI is InChI=1S/C19H24O5.C10H22O3.C9H20O3.C6H14O2.C5H12O3.C5H10O2.3C3H8O2.C2H6O2.22CH4/c1-19(2,15-3-7-17(8-4-15)22-12-11-20)16-5-9-18(10-6-16)23-13-14-24-21;1-3-5-6-12-7-8-13-9-10(11)4-2;1-3-4-5-11-6-7-12-8-9(2)10;1-2-3-5-8-6-4-7;1-5(7)4-8-3-2-6;1-2-4-7-5-3-6;3*1-5-3-2-4;3-1-2-4;;;;;;;;;;;;;;;;;;;;;;/h3-10,20-21H,11-14H2,1-2H3;10-11H,3-9H2,1-2H3;9-10H,3-8H2,1-2H3;7H,2-6H2,1H3;5-7H,2-4H2,1H3;2,6H,1,3-5H2;3*4H,2-3H2,1H3;3-4H,1-2H2;22*1H4. The van der Waals surface area contributed by atoms with Crippen molar-refractivity contribution in [1.29, 1.82) is 0 Å². The van der Waals surface area contributed by atoms with E-state index in [1.165, 1.54) is 5.56 Å². The van der Waals surface area contributed by atoms with Crippen LogP contribution in [0.2, 0.25) is 0 Å². The molecule has 0 spiro atoms. The maximum Gasteiger partial charge on any atom is 0.119 e. The normalized spacial score (nSPS) is 8.92. The van der Waals surface area contributed by atoms with Gasteiger partial charge in [0.1, 0.15) is 31.3 Å². The molecule has 13 N–H and O–H groups in total. The Labute approximate surface area is 709 Å². The van der Waals surface area contributed by atoms with Crippen LogP contribution in [0.1, 0.15) is 275 Å². The number of methoxy groups -OCH3 is 3. The molecule has 724 valence electrons. The molecule has 3 unspecified atom stereocenters. The minimum atomic E-state index is -0.429. The van der Waals surface area contributed by atoms with Crippen LogP contribution in [0.3, 0.4) is 0 Å². The molecule has 26 heteroatoms. The predicted molar refractivity (Wildman–Crippen MR) is 502 cm³/mol. The Morgan fingerprint density at radius 3 is 0.823 bits per heavy atom. The second-order valence-electron chi connectivity index (χ2n) is 18.9. The molecule has 0 heterocycles. The predicted octanol–water partition coefficient (Wildman–Crippen LogP) is 18.2. The summed E-state index contributed by atoms with van der Waals surface area (Å²) in [6.45, 7) is 29.6. The first-order valence-corrected chi connectivity index (χ1v) is 31.3. The fraction of sp³-hybridized carbons (Fsp3) is 0.839. The molecule has 0 fully saturated rings. The van der Waals surface area contributed by atoms with E-state index in [1.54, 1.807) is 41.3 Å². The molecule has 0 aliphatic heterocycles. The van der Waals surface area contributed by atoms with Crippen molar-refractivity contribution in [3.05, 3.63) is 72.3 Å². The molecule has 2 aromatic carbocycles. The van der Waals surface area contributed by atoms with E-state index in [0.717, 1.165) is 81.8 Å². The summed E-state index contributed by atoms with van der Waals surface area (Å²) in [5.74, 6) is 1.48. The van der Waals surface area contributed by atoms with E-state index in [4.69, 9.17) is 109 Å². The molecular weight excluding hydrogens is 1460 g/mol. The lowest BCUT2D eigenvalue weighted by Gasteiger charge is -2.26. The van der Waals surface area contributed by atoms with Gasteiger partial charge in [-0.05, 0) is 74.9 Å². The molecule has 0 saturated carbocycles. The fourth-order valence-corrected chi connectivity index (χ4v) is 5.22. The average molecular weight is 1680 g/mol. The lowest BCUT2D eigenvalue weighted by Crippen LogP contribution is -2.18. The van der Waals surface area contributed by atoms with Gasteiger partial charge in [-0.2, -0.15) is 0 Å². The van der Waals surface area contributed by atoms with Crippen LogP contribution in [0.4, 0.5) is 0 Å². The number of ether oxygens (including phenoxy) is 12. The van der Waals surface area contributed by atoms with Gasteiger partial charge in [0.25, 0.3) is 0 Å². The van der Waals surface area contributed by atoms with Crippen LogP contribution in [0.25, 0.3) is 0 Å². The third kappa shape index (κ3) is 200. The highest BCUT2D eigenvalue weighted by Crippen LogP contribution is 2.33. The molecule has 0 aliphatic carbocycles. The van der Waals surface area contributed by atoms with Crippen molar-refractivity contribution < 1.29 is 128 Å². The SMILES string of the molecule is C.C.C.C.C.C.C.C.C.C.C.C.C.C.C.C.C.C.C.C.C.C.C=CCOCCO.CC(C)(c1ccc(OCCO)cc1)c1ccc(OCCOO)cc1.CC(O)COCCO.CCCCOCCO.CCCCOCCOCC(C)O.CCCCOCCOCC(O)CC.COCCO.COCCO.COCCO.OCCO. The zero-order valence-corrected chi connectivity index (χ0v) is 57.7. The smallest absolute Gasteiger partial charge is 0.119 e. The lowest BCUT2D eigenvalue weighted by atomic mass is 9.78. The Bertz CT molecular complexity index is 1480. The van der Waals surface area contributed by atoms with E-state index in [9.17, 15) is 0 Å². The van der Waals surface area contributed by atoms with Crippen molar-refractivity contribution in [2.45, 2.75) is 287 Å². The summed E-state index contributed by atoms with van der Waals surface area (Å²) >= 11 is 0. The van der Waals surface area contributed by atoms with Crippen LogP contribution < -0.4 is 9.47 Å². The second-order valence-corrected chi connectivity index (χ2v) is 18.9. The van der Waals surface area contributed by atoms with E-state index in [1.807, 2.05) is 55.5 Å². The summed E-state index contributed by atoms with van der Waals surface area (Å²) in [6, 6.07) is 15.8. The van der Waals surface area contributed by atoms with E-state index in [-0.39, 0.29) is 247 Å². The molecule has 0 aromatic heterocycles. The number of aliphatic hydroxyl groups excluding tert-OH is 12. The molecule has 3 atom stereocenters. The number of hydrogen-bond acceptors (Lipinski definition) is 26. The third-order valence-electron chi connectivity index (χ3n) is 10.1. The number of hydrogen-bond donors (Lipinski definition) is 13. The molecule has 2 aromatic rings. The van der Waals surface area contributed by atoms with Crippen molar-refractivity contribution in [3.63, 3.8) is 0 Å². The van der Waals surface area contributed by atoms with E-state index in [0.29, 0.717) is 106 Å². The van der Waals surface area contributed by atoms with Gasteiger partial charge in [-0.3, -0.25) is 5.26 Å². The maximum absolute atomic E-state index is 9.13. The van der Waals surface area contributed by atoms with Gasteiger partial charge in [-0.15, -0.1) is 6.58 Å². The summed E-state index contributed by atoms with van der Waals surface area (Å²) in [5, 5.41) is 107. The van der Waals surface area contributed by atoms with Gasteiger partial charge in [0, 0.05) is 46.6 Å². The first-order chi connectivity index (χ1) is 43.9. The molecular formula is C87H220O26. The molecule has 0 saturated heterocycles. The Hall–Kier alpha value is -3.18. The van der Waals surface area contributed by atoms with Crippen molar-refractivity contribution in [2.75, 3.05) is 213 Å². The summed E-state index contributed by atoms with van der Waals surface area (Å²) in [4.78, 5) is 3.98. The van der Waals surface area contributed by atoms with Gasteiger partial charge in [-0.25, -0.2) is 4.89 Å². The van der Waals surface area contributed by atoms with Gasteiger partial charge in [0.15, 0.2) is 0 Å². The monoisotopic (exact) mass is 1680 g/mol. The van der Waals surface area contributed by atoms with Crippen molar-refractivity contribution >= 4 is 0 Å². The Morgan fingerprint density at radius 2 is 0.584 bits per heavy atom. The summed E-state index contributed by atoms with van der Waals surface area (Å²) in [6.07, 6.45) is 8.06. The zero-order chi connectivity index (χ0) is 70.6. The fourth-order valence-electron chi connectivity index (χ4n) is 5.22. The van der Waals surface area contributed by atoms with Crippen LogP contribution in [0.15, 0.2) is 61.2 Å². The van der Waals surface area contributed by atoms with Crippen LogP contribution in [-0.4, -0.2) is 298 Å². The summed E-state index contributed by atoms with van der Waals surface area (Å²) in [7, 11) is 4.66. The second kappa shape index (κ2) is 189. The van der Waals surface area contributed by atoms with E-state index >= 15 is 0 Å². The van der Waals surface area contributed by atoms with E-state index < -0.39 is 6.10 Å². The average Bonchev–Trinajstić information content (AvgIpc) is 0.807. The van der Waals surface area contributed by atoms with Gasteiger partial charge < -0.3 is 118 Å². The first-order valence-electron chi connectivity index (χ1n) is 31.3. The number of benzene rings is 2. The quantitative estimate of drug-likeness (QED) is 0.0127. The van der Waals surface area contributed by atoms with Crippen LogP contribution in [0, 0.1) is 0 Å². The van der Waals surface area contributed by atoms with Gasteiger partial charge >= 0.3 is 0 Å². The highest BCUT2D eigenvalue weighted by Gasteiger charge is 2.23. The molecule has 0 aliphatic rings. The first kappa shape index (κ1) is 204. The summed E-state index contributed by atoms with van der Waals surface area (Å²) < 4.78 is 59.5. The zero-order valence-electron chi connectivity index (χ0n) is 57.7. The highest BCUT2D eigenvalue weighted by atomic mass is 17.1. The van der Waals surface area contributed by atoms with E-state index in [2.05, 4.69) is 60.3 Å². The number of aliphatic hydroxyl groups is 12. The van der Waals surface area contributed by atoms with Crippen molar-refractivity contribution in [2.24, 2.45) is 0 Å². The molecule has 26 nitrogen and oxygen atoms in total. The van der Waals surface area contributed by atoms with Crippen LogP contribution >= 0.6 is 0 Å². The third-order valence-corrected chi connectivity index (χ3v) is 10.1. The molecule has 0 amide bonds. The topological polar surface area (TPSA) is 383 Å². The molecule has 113 heavy (non-hydrogen) atoms. The lowest BCUT2D eigenvalue weighted by molar-refractivity contribution is -0.245. The van der Waals surface area contributed by atoms with Crippen LogP contribution in [-0.2, 0) is 57.7 Å². The largest absolute Gasteiger partial charge is 0.491 e. The molecule has 0 bridgehead atoms. The Morgan fingerprint density at radius 1 is 0.327 bits per heavy atom. The van der Waals surface area contributed by atoms with Gasteiger partial charge in [-0.1, -0.05) is 255 Å². The maximum atomic E-state index is 9.13. The van der Waals surface area contributed by atoms with Crippen molar-refractivity contribution in [1.82, 2.24) is 0 Å². The number of unbranched alkanes of at least 4 members (excludes halogenated alkanes) is 3.